The lowest BCUT2D eigenvalue weighted by Crippen LogP contribution is -2.18. The summed E-state index contributed by atoms with van der Waals surface area (Å²) in [7, 11) is 1.63. The molecule has 0 saturated carbocycles. The minimum atomic E-state index is -0.0855. The normalized spacial score (nSPS) is 11.7. The van der Waals surface area contributed by atoms with E-state index in [0.29, 0.717) is 5.56 Å². The molecule has 0 spiro atoms. The number of hydrogen-bond donors (Lipinski definition) is 2. The molecule has 0 aliphatic rings. The maximum absolute atomic E-state index is 11.6. The van der Waals surface area contributed by atoms with Gasteiger partial charge in [-0.05, 0) is 36.8 Å². The first-order valence-corrected chi connectivity index (χ1v) is 6.19. The first kappa shape index (κ1) is 13.1. The molecule has 4 nitrogen and oxygen atoms in total. The van der Waals surface area contributed by atoms with Gasteiger partial charge >= 0.3 is 0 Å². The lowest BCUT2D eigenvalue weighted by atomic mass is 10.1. The monoisotopic (exact) mass is 255 g/mol. The number of nitrogens with one attached hydrogen (secondary N) is 2. The number of carbonyl (C=O) groups excluding carboxylic acids is 1. The summed E-state index contributed by atoms with van der Waals surface area (Å²) in [5.74, 6) is -0.0855. The molecule has 0 bridgehead atoms. The Labute approximate surface area is 112 Å². The highest BCUT2D eigenvalue weighted by Crippen LogP contribution is 2.19. The third-order valence-electron chi connectivity index (χ3n) is 2.92. The lowest BCUT2D eigenvalue weighted by Gasteiger charge is -2.15. The van der Waals surface area contributed by atoms with Crippen LogP contribution in [0.25, 0.3) is 0 Å². The predicted octanol–water partition coefficient (Wildman–Crippen LogP) is 2.61. The van der Waals surface area contributed by atoms with Crippen LogP contribution in [0.5, 0.6) is 0 Å². The van der Waals surface area contributed by atoms with E-state index in [4.69, 9.17) is 0 Å². The van der Waals surface area contributed by atoms with Crippen molar-refractivity contribution in [2.75, 3.05) is 12.4 Å². The number of anilines is 1. The lowest BCUT2D eigenvalue weighted by molar-refractivity contribution is 0.0963. The third kappa shape index (κ3) is 3.31. The molecule has 1 heterocycles. The second kappa shape index (κ2) is 6.00. The molecule has 2 rings (SSSR count). The predicted molar refractivity (Wildman–Crippen MR) is 76.1 cm³/mol. The van der Waals surface area contributed by atoms with Crippen molar-refractivity contribution in [3.8, 4) is 0 Å². The minimum Gasteiger partial charge on any atom is -0.378 e. The van der Waals surface area contributed by atoms with Gasteiger partial charge in [0.25, 0.3) is 5.91 Å². The van der Waals surface area contributed by atoms with E-state index in [1.165, 1.54) is 0 Å². The number of carbonyl (C=O) groups is 1. The highest BCUT2D eigenvalue weighted by atomic mass is 16.1. The van der Waals surface area contributed by atoms with E-state index in [9.17, 15) is 4.79 Å². The summed E-state index contributed by atoms with van der Waals surface area (Å²) < 4.78 is 0. The summed E-state index contributed by atoms with van der Waals surface area (Å²) in [5, 5.41) is 5.97. The van der Waals surface area contributed by atoms with Gasteiger partial charge in [0.15, 0.2) is 0 Å². The van der Waals surface area contributed by atoms with Crippen LogP contribution in [-0.2, 0) is 0 Å². The maximum Gasteiger partial charge on any atom is 0.251 e. The average Bonchev–Trinajstić information content (AvgIpc) is 2.47. The number of nitrogens with zero attached hydrogens (tertiary/aromatic N) is 1. The molecule has 0 saturated heterocycles. The molecule has 0 radical (unpaired) electrons. The van der Waals surface area contributed by atoms with Crippen LogP contribution < -0.4 is 10.6 Å². The van der Waals surface area contributed by atoms with E-state index in [2.05, 4.69) is 22.5 Å². The first-order valence-electron chi connectivity index (χ1n) is 6.19. The van der Waals surface area contributed by atoms with Crippen LogP contribution in [0, 0.1) is 0 Å². The Kier molecular flexibility index (Phi) is 4.13. The van der Waals surface area contributed by atoms with Gasteiger partial charge in [0.1, 0.15) is 0 Å². The number of aromatic nitrogens is 1. The van der Waals surface area contributed by atoms with Gasteiger partial charge in [-0.3, -0.25) is 9.78 Å². The summed E-state index contributed by atoms with van der Waals surface area (Å²) in [6.07, 6.45) is 3.59. The molecule has 0 aliphatic heterocycles. The fourth-order valence-corrected chi connectivity index (χ4v) is 1.86. The summed E-state index contributed by atoms with van der Waals surface area (Å²) >= 11 is 0. The summed E-state index contributed by atoms with van der Waals surface area (Å²) in [6.45, 7) is 2.06. The molecular formula is C15H17N3O. The molecule has 0 aliphatic carbocycles. The minimum absolute atomic E-state index is 0.0855. The van der Waals surface area contributed by atoms with Crippen molar-refractivity contribution in [1.82, 2.24) is 10.3 Å². The van der Waals surface area contributed by atoms with Crippen molar-refractivity contribution in [1.29, 1.82) is 0 Å². The molecule has 1 atom stereocenters. The second-order valence-electron chi connectivity index (χ2n) is 4.31. The van der Waals surface area contributed by atoms with Crippen LogP contribution in [0.1, 0.15) is 28.9 Å². The van der Waals surface area contributed by atoms with Crippen molar-refractivity contribution in [2.24, 2.45) is 0 Å². The van der Waals surface area contributed by atoms with Gasteiger partial charge in [0, 0.05) is 30.7 Å². The van der Waals surface area contributed by atoms with Crippen LogP contribution in [0.4, 0.5) is 5.69 Å². The van der Waals surface area contributed by atoms with E-state index in [0.717, 1.165) is 11.3 Å². The highest BCUT2D eigenvalue weighted by molar-refractivity contribution is 5.94. The average molecular weight is 255 g/mol. The van der Waals surface area contributed by atoms with Crippen LogP contribution in [0.15, 0.2) is 48.8 Å². The van der Waals surface area contributed by atoms with Gasteiger partial charge in [-0.15, -0.1) is 0 Å². The smallest absolute Gasteiger partial charge is 0.251 e. The quantitative estimate of drug-likeness (QED) is 0.883. The Morgan fingerprint density at radius 3 is 2.79 bits per heavy atom. The SMILES string of the molecule is CNC(=O)c1cccc(NC(C)c2cccnc2)c1. The zero-order valence-electron chi connectivity index (χ0n) is 11.1. The van der Waals surface area contributed by atoms with Crippen molar-refractivity contribution >= 4 is 11.6 Å². The van der Waals surface area contributed by atoms with Crippen molar-refractivity contribution < 1.29 is 4.79 Å². The number of rotatable bonds is 4. The van der Waals surface area contributed by atoms with Crippen LogP contribution in [-0.4, -0.2) is 17.9 Å². The van der Waals surface area contributed by atoms with E-state index >= 15 is 0 Å². The Morgan fingerprint density at radius 1 is 1.26 bits per heavy atom. The molecule has 19 heavy (non-hydrogen) atoms. The molecule has 4 heteroatoms. The molecular weight excluding hydrogens is 238 g/mol. The van der Waals surface area contributed by atoms with Gasteiger partial charge in [-0.1, -0.05) is 12.1 Å². The number of pyridine rings is 1. The van der Waals surface area contributed by atoms with Crippen LogP contribution in [0.3, 0.4) is 0 Å². The van der Waals surface area contributed by atoms with E-state index in [1.54, 1.807) is 19.3 Å². The van der Waals surface area contributed by atoms with Crippen LogP contribution in [0.2, 0.25) is 0 Å². The number of benzene rings is 1. The maximum atomic E-state index is 11.6. The largest absolute Gasteiger partial charge is 0.378 e. The molecule has 98 valence electrons. The third-order valence-corrected chi connectivity index (χ3v) is 2.92. The molecule has 2 aromatic rings. The molecule has 1 aromatic carbocycles. The molecule has 1 aromatic heterocycles. The number of hydrogen-bond acceptors (Lipinski definition) is 3. The standard InChI is InChI=1S/C15H17N3O/c1-11(13-6-4-8-17-10-13)18-14-7-3-5-12(9-14)15(19)16-2/h3-11,18H,1-2H3,(H,16,19). The Morgan fingerprint density at radius 2 is 2.11 bits per heavy atom. The van der Waals surface area contributed by atoms with Crippen molar-refractivity contribution in [3.63, 3.8) is 0 Å². The summed E-state index contributed by atoms with van der Waals surface area (Å²) in [4.78, 5) is 15.7. The Balaban J connectivity index is 2.13. The van der Waals surface area contributed by atoms with Gasteiger partial charge in [0.2, 0.25) is 0 Å². The van der Waals surface area contributed by atoms with Crippen molar-refractivity contribution in [3.05, 3.63) is 59.9 Å². The fourth-order valence-electron chi connectivity index (χ4n) is 1.86. The van der Waals surface area contributed by atoms with Gasteiger partial charge in [-0.25, -0.2) is 0 Å². The van der Waals surface area contributed by atoms with Gasteiger partial charge in [-0.2, -0.15) is 0 Å². The summed E-state index contributed by atoms with van der Waals surface area (Å²) in [6, 6.07) is 11.5. The topological polar surface area (TPSA) is 54.0 Å². The zero-order chi connectivity index (χ0) is 13.7. The highest BCUT2D eigenvalue weighted by Gasteiger charge is 2.07. The number of amides is 1. The molecule has 0 fully saturated rings. The van der Waals surface area contributed by atoms with E-state index in [-0.39, 0.29) is 11.9 Å². The molecule has 1 unspecified atom stereocenters. The fraction of sp³-hybridized carbons (Fsp3) is 0.200. The second-order valence-corrected chi connectivity index (χ2v) is 4.31. The molecule has 1 amide bonds. The van der Waals surface area contributed by atoms with E-state index < -0.39 is 0 Å². The van der Waals surface area contributed by atoms with Gasteiger partial charge in [0.05, 0.1) is 6.04 Å². The summed E-state index contributed by atoms with van der Waals surface area (Å²) in [5.41, 5.74) is 2.66. The zero-order valence-corrected chi connectivity index (χ0v) is 11.1. The van der Waals surface area contributed by atoms with Crippen LogP contribution >= 0.6 is 0 Å². The Bertz CT molecular complexity index is 554. The first-order chi connectivity index (χ1) is 9.20. The molecule has 2 N–H and O–H groups in total. The van der Waals surface area contributed by atoms with E-state index in [1.807, 2.05) is 36.5 Å². The Hall–Kier alpha value is -2.36. The van der Waals surface area contributed by atoms with Gasteiger partial charge < -0.3 is 10.6 Å². The van der Waals surface area contributed by atoms with Crippen molar-refractivity contribution in [2.45, 2.75) is 13.0 Å².